The molecule has 0 bridgehead atoms. The second-order valence-corrected chi connectivity index (χ2v) is 10.5. The number of benzene rings is 6. The van der Waals surface area contributed by atoms with Gasteiger partial charge in [-0.25, -0.2) is 9.97 Å². The normalized spacial score (nSPS) is 11.9. The first kappa shape index (κ1) is 22.2. The molecule has 0 atom stereocenters. The third-order valence-electron chi connectivity index (χ3n) is 8.22. The number of fused-ring (bicyclic) bond motifs is 8. The Hall–Kier alpha value is -5.61. The maximum Gasteiger partial charge on any atom is 0.237 e. The Morgan fingerprint density at radius 1 is 0.463 bits per heavy atom. The van der Waals surface area contributed by atoms with Gasteiger partial charge in [0.2, 0.25) is 5.95 Å². The topological polar surface area (TPSA) is 43.6 Å². The Morgan fingerprint density at radius 3 is 2.00 bits per heavy atom. The lowest BCUT2D eigenvalue weighted by Crippen LogP contribution is -2.04. The predicted octanol–water partition coefficient (Wildman–Crippen LogP) is 9.25. The zero-order valence-electron chi connectivity index (χ0n) is 22.0. The van der Waals surface area contributed by atoms with Gasteiger partial charge in [0.05, 0.1) is 16.7 Å². The minimum atomic E-state index is 0.616. The van der Waals surface area contributed by atoms with Crippen LogP contribution in [0.1, 0.15) is 0 Å². The molecule has 3 aromatic heterocycles. The molecule has 6 aromatic carbocycles. The minimum absolute atomic E-state index is 0.616. The van der Waals surface area contributed by atoms with Crippen molar-refractivity contribution >= 4 is 65.2 Å². The van der Waals surface area contributed by atoms with E-state index in [9.17, 15) is 0 Å². The van der Waals surface area contributed by atoms with Gasteiger partial charge in [-0.3, -0.25) is 4.57 Å². The molecule has 0 aliphatic heterocycles. The van der Waals surface area contributed by atoms with Gasteiger partial charge in [0.1, 0.15) is 0 Å². The van der Waals surface area contributed by atoms with Crippen molar-refractivity contribution in [1.82, 2.24) is 19.5 Å². The zero-order chi connectivity index (χ0) is 26.9. The van der Waals surface area contributed by atoms with E-state index in [1.54, 1.807) is 6.20 Å². The van der Waals surface area contributed by atoms with E-state index in [2.05, 4.69) is 126 Å². The molecule has 9 rings (SSSR count). The summed E-state index contributed by atoms with van der Waals surface area (Å²) in [4.78, 5) is 15.2. The van der Waals surface area contributed by atoms with Crippen molar-refractivity contribution in [1.29, 1.82) is 0 Å². The summed E-state index contributed by atoms with van der Waals surface area (Å²) in [6.07, 6.45) is 1.81. The van der Waals surface area contributed by atoms with Crippen LogP contribution < -0.4 is 0 Å². The molecule has 0 saturated carbocycles. The van der Waals surface area contributed by atoms with Crippen LogP contribution >= 0.6 is 0 Å². The van der Waals surface area contributed by atoms with Crippen LogP contribution in [0.5, 0.6) is 0 Å². The van der Waals surface area contributed by atoms with E-state index < -0.39 is 0 Å². The SMILES string of the molecule is c1ccc2cc3c(cc2c1)c1ccc2ccccc2c1n3-c1nc(-c2cccc3ccccc23)c2cccnc2n1. The molecule has 0 unspecified atom stereocenters. The smallest absolute Gasteiger partial charge is 0.237 e. The first-order chi connectivity index (χ1) is 20.3. The second-order valence-electron chi connectivity index (χ2n) is 10.5. The van der Waals surface area contributed by atoms with Crippen LogP contribution in [-0.4, -0.2) is 19.5 Å². The fraction of sp³-hybridized carbons (Fsp3) is 0. The molecular formula is C37H22N4. The van der Waals surface area contributed by atoms with Gasteiger partial charge in [0.15, 0.2) is 5.65 Å². The summed E-state index contributed by atoms with van der Waals surface area (Å²) >= 11 is 0. The Kier molecular flexibility index (Phi) is 4.58. The Morgan fingerprint density at radius 2 is 1.15 bits per heavy atom. The molecule has 3 heterocycles. The average molecular weight is 523 g/mol. The van der Waals surface area contributed by atoms with Gasteiger partial charge in [0, 0.05) is 33.3 Å². The molecule has 0 N–H and O–H groups in total. The number of pyridine rings is 1. The van der Waals surface area contributed by atoms with Crippen molar-refractivity contribution in [2.24, 2.45) is 0 Å². The molecule has 0 spiro atoms. The van der Waals surface area contributed by atoms with Gasteiger partial charge in [-0.1, -0.05) is 103 Å². The molecule has 0 aliphatic carbocycles. The third-order valence-corrected chi connectivity index (χ3v) is 8.22. The lowest BCUT2D eigenvalue weighted by atomic mass is 10.0. The van der Waals surface area contributed by atoms with Crippen molar-refractivity contribution < 1.29 is 0 Å². The molecule has 41 heavy (non-hydrogen) atoms. The van der Waals surface area contributed by atoms with Gasteiger partial charge in [-0.15, -0.1) is 0 Å². The fourth-order valence-corrected chi connectivity index (χ4v) is 6.36. The Labute approximate surface area is 235 Å². The van der Waals surface area contributed by atoms with E-state index in [1.807, 2.05) is 6.07 Å². The fourth-order valence-electron chi connectivity index (χ4n) is 6.36. The standard InChI is InChI=1S/C37H22N4/c1-2-12-26-22-33-32(21-25(26)11-1)30-19-18-24-10-4-6-15-28(24)35(30)41(33)37-39-34(31-17-8-20-38-36(31)40-37)29-16-7-13-23-9-3-5-14-27(23)29/h1-22H. The lowest BCUT2D eigenvalue weighted by molar-refractivity contribution is 1.01. The number of hydrogen-bond acceptors (Lipinski definition) is 3. The highest BCUT2D eigenvalue weighted by molar-refractivity contribution is 6.20. The first-order valence-corrected chi connectivity index (χ1v) is 13.8. The van der Waals surface area contributed by atoms with Crippen LogP contribution in [0, 0.1) is 0 Å². The number of nitrogens with zero attached hydrogens (tertiary/aromatic N) is 4. The van der Waals surface area contributed by atoms with Crippen LogP contribution in [0.25, 0.3) is 82.4 Å². The molecule has 0 fully saturated rings. The number of hydrogen-bond donors (Lipinski definition) is 0. The van der Waals surface area contributed by atoms with E-state index in [-0.39, 0.29) is 0 Å². The molecule has 190 valence electrons. The lowest BCUT2D eigenvalue weighted by Gasteiger charge is -2.13. The van der Waals surface area contributed by atoms with Crippen molar-refractivity contribution in [3.63, 3.8) is 0 Å². The molecule has 0 saturated heterocycles. The number of rotatable bonds is 2. The van der Waals surface area contributed by atoms with E-state index in [1.165, 1.54) is 37.7 Å². The quantitative estimate of drug-likeness (QED) is 0.227. The van der Waals surface area contributed by atoms with E-state index in [0.29, 0.717) is 11.6 Å². The van der Waals surface area contributed by atoms with Gasteiger partial charge in [-0.2, -0.15) is 4.98 Å². The molecule has 9 aromatic rings. The van der Waals surface area contributed by atoms with Crippen LogP contribution in [0.15, 0.2) is 134 Å². The monoisotopic (exact) mass is 522 g/mol. The molecule has 0 aliphatic rings. The van der Waals surface area contributed by atoms with Gasteiger partial charge < -0.3 is 0 Å². The van der Waals surface area contributed by atoms with Crippen molar-refractivity contribution in [3.8, 4) is 17.2 Å². The first-order valence-electron chi connectivity index (χ1n) is 13.8. The van der Waals surface area contributed by atoms with Crippen molar-refractivity contribution in [3.05, 3.63) is 134 Å². The second kappa shape index (κ2) is 8.44. The van der Waals surface area contributed by atoms with Crippen molar-refractivity contribution in [2.45, 2.75) is 0 Å². The maximum atomic E-state index is 5.36. The molecule has 4 nitrogen and oxygen atoms in total. The Bertz CT molecular complexity index is 2480. The van der Waals surface area contributed by atoms with Gasteiger partial charge in [0.25, 0.3) is 0 Å². The average Bonchev–Trinajstić information content (AvgIpc) is 3.36. The molecular weight excluding hydrogens is 500 g/mol. The van der Waals surface area contributed by atoms with E-state index in [0.717, 1.165) is 33.1 Å². The van der Waals surface area contributed by atoms with Crippen LogP contribution in [-0.2, 0) is 0 Å². The van der Waals surface area contributed by atoms with Crippen LogP contribution in [0.2, 0.25) is 0 Å². The summed E-state index contributed by atoms with van der Waals surface area (Å²) in [5.41, 5.74) is 4.81. The minimum Gasteiger partial charge on any atom is -0.277 e. The summed E-state index contributed by atoms with van der Waals surface area (Å²) < 4.78 is 2.24. The highest BCUT2D eigenvalue weighted by Gasteiger charge is 2.20. The van der Waals surface area contributed by atoms with Crippen LogP contribution in [0.4, 0.5) is 0 Å². The summed E-state index contributed by atoms with van der Waals surface area (Å²) in [6, 6.07) is 45.0. The van der Waals surface area contributed by atoms with E-state index in [4.69, 9.17) is 15.0 Å². The third kappa shape index (κ3) is 3.25. The predicted molar refractivity (Wildman–Crippen MR) is 170 cm³/mol. The number of aromatic nitrogens is 4. The molecule has 0 amide bonds. The van der Waals surface area contributed by atoms with Gasteiger partial charge in [-0.05, 0) is 51.2 Å². The highest BCUT2D eigenvalue weighted by atomic mass is 15.2. The summed E-state index contributed by atoms with van der Waals surface area (Å²) in [7, 11) is 0. The van der Waals surface area contributed by atoms with Gasteiger partial charge >= 0.3 is 0 Å². The molecule has 0 radical (unpaired) electrons. The zero-order valence-corrected chi connectivity index (χ0v) is 22.0. The molecule has 4 heteroatoms. The Balaban J connectivity index is 1.48. The van der Waals surface area contributed by atoms with E-state index >= 15 is 0 Å². The summed E-state index contributed by atoms with van der Waals surface area (Å²) in [5, 5.41) is 10.4. The summed E-state index contributed by atoms with van der Waals surface area (Å²) in [5.74, 6) is 0.616. The maximum absolute atomic E-state index is 5.36. The highest BCUT2D eigenvalue weighted by Crippen LogP contribution is 2.39. The largest absolute Gasteiger partial charge is 0.277 e. The summed E-state index contributed by atoms with van der Waals surface area (Å²) in [6.45, 7) is 0. The van der Waals surface area contributed by atoms with Crippen LogP contribution in [0.3, 0.4) is 0 Å². The van der Waals surface area contributed by atoms with Crippen molar-refractivity contribution in [2.75, 3.05) is 0 Å².